The van der Waals surface area contributed by atoms with Gasteiger partial charge in [-0.3, -0.25) is 4.79 Å². The molecule has 0 aliphatic carbocycles. The van der Waals surface area contributed by atoms with Crippen LogP contribution in [0.1, 0.15) is 18.9 Å². The first-order chi connectivity index (χ1) is 8.79. The molecule has 104 valence electrons. The fraction of sp³-hybridized carbons (Fsp3) is 0.500. The molecular formula is C12H12ClF3N2O. The number of carbonyl (C=O) groups is 1. The third-order valence-corrected chi connectivity index (χ3v) is 3.40. The maximum absolute atomic E-state index is 12.5. The number of piperidine rings is 1. The molecule has 0 bridgehead atoms. The number of carbonyl (C=O) groups excluding carboxylic acids is 1. The number of hydrogen-bond acceptors (Lipinski definition) is 3. The van der Waals surface area contributed by atoms with Gasteiger partial charge >= 0.3 is 6.18 Å². The standard InChI is InChI=1S/C12H12ClF3N2O/c1-7-6-18(3-2-10(7)19)11-9(13)4-8(5-17-11)12(14,15)16/h4-5,7H,2-3,6H2,1H3. The summed E-state index contributed by atoms with van der Waals surface area (Å²) in [5.74, 6) is 0.294. The van der Waals surface area contributed by atoms with E-state index in [4.69, 9.17) is 11.6 Å². The van der Waals surface area contributed by atoms with Crippen LogP contribution < -0.4 is 4.90 Å². The molecule has 3 nitrogen and oxygen atoms in total. The lowest BCUT2D eigenvalue weighted by molar-refractivity contribution is -0.137. The van der Waals surface area contributed by atoms with Crippen LogP contribution in [0.2, 0.25) is 5.02 Å². The average molecular weight is 293 g/mol. The van der Waals surface area contributed by atoms with Crippen LogP contribution in [0.3, 0.4) is 0 Å². The summed E-state index contributed by atoms with van der Waals surface area (Å²) in [5.41, 5.74) is -0.873. The van der Waals surface area contributed by atoms with Crippen molar-refractivity contribution in [3.05, 3.63) is 22.8 Å². The zero-order valence-corrected chi connectivity index (χ0v) is 10.9. The van der Waals surface area contributed by atoms with Crippen LogP contribution in [0.25, 0.3) is 0 Å². The largest absolute Gasteiger partial charge is 0.417 e. The molecule has 1 aliphatic rings. The quantitative estimate of drug-likeness (QED) is 0.797. The highest BCUT2D eigenvalue weighted by Gasteiger charge is 2.32. The van der Waals surface area contributed by atoms with Crippen LogP contribution in [0.5, 0.6) is 0 Å². The van der Waals surface area contributed by atoms with Crippen molar-refractivity contribution in [1.29, 1.82) is 0 Å². The summed E-state index contributed by atoms with van der Waals surface area (Å²) in [4.78, 5) is 16.9. The summed E-state index contributed by atoms with van der Waals surface area (Å²) >= 11 is 5.86. The van der Waals surface area contributed by atoms with Gasteiger partial charge in [0.05, 0.1) is 10.6 Å². The second-order valence-electron chi connectivity index (χ2n) is 4.59. The minimum Gasteiger partial charge on any atom is -0.354 e. The number of nitrogens with zero attached hydrogens (tertiary/aromatic N) is 2. The third-order valence-electron chi connectivity index (χ3n) is 3.12. The van der Waals surface area contributed by atoms with Gasteiger partial charge in [0, 0.05) is 31.6 Å². The molecule has 1 aromatic heterocycles. The number of anilines is 1. The average Bonchev–Trinajstić information content (AvgIpc) is 2.31. The van der Waals surface area contributed by atoms with Gasteiger partial charge in [-0.05, 0) is 6.07 Å². The fourth-order valence-corrected chi connectivity index (χ4v) is 2.31. The summed E-state index contributed by atoms with van der Waals surface area (Å²) in [7, 11) is 0. The Bertz CT molecular complexity index is 504. The molecule has 2 rings (SSSR count). The highest BCUT2D eigenvalue weighted by atomic mass is 35.5. The number of hydrogen-bond donors (Lipinski definition) is 0. The van der Waals surface area contributed by atoms with Crippen LogP contribution in [-0.4, -0.2) is 23.9 Å². The Morgan fingerprint density at radius 1 is 1.47 bits per heavy atom. The molecule has 1 aliphatic heterocycles. The molecule has 7 heteroatoms. The van der Waals surface area contributed by atoms with Crippen LogP contribution in [0.15, 0.2) is 12.3 Å². The second kappa shape index (κ2) is 5.00. The molecule has 1 fully saturated rings. The molecule has 1 saturated heterocycles. The van der Waals surface area contributed by atoms with E-state index in [0.29, 0.717) is 25.3 Å². The predicted molar refractivity (Wildman–Crippen MR) is 65.3 cm³/mol. The normalized spacial score (nSPS) is 20.8. The molecule has 0 spiro atoms. The lowest BCUT2D eigenvalue weighted by Gasteiger charge is -2.31. The number of Topliss-reactive ketones (excluding diaryl/α,β-unsaturated/α-hetero) is 1. The van der Waals surface area contributed by atoms with Gasteiger partial charge in [-0.25, -0.2) is 4.98 Å². The van der Waals surface area contributed by atoms with Crippen LogP contribution in [-0.2, 0) is 11.0 Å². The first-order valence-electron chi connectivity index (χ1n) is 5.79. The molecule has 0 saturated carbocycles. The lowest BCUT2D eigenvalue weighted by Crippen LogP contribution is -2.40. The van der Waals surface area contributed by atoms with Crippen LogP contribution in [0, 0.1) is 5.92 Å². The van der Waals surface area contributed by atoms with Gasteiger partial charge in [-0.2, -0.15) is 13.2 Å². The van der Waals surface area contributed by atoms with E-state index in [0.717, 1.165) is 12.3 Å². The van der Waals surface area contributed by atoms with Crippen LogP contribution >= 0.6 is 11.6 Å². The Balaban J connectivity index is 2.24. The van der Waals surface area contributed by atoms with Gasteiger partial charge in [0.25, 0.3) is 0 Å². The van der Waals surface area contributed by atoms with E-state index in [-0.39, 0.29) is 16.7 Å². The number of ketones is 1. The zero-order chi connectivity index (χ0) is 14.2. The van der Waals surface area contributed by atoms with E-state index in [1.54, 1.807) is 11.8 Å². The fourth-order valence-electron chi connectivity index (χ4n) is 2.03. The summed E-state index contributed by atoms with van der Waals surface area (Å²) in [6, 6.07) is 0.866. The van der Waals surface area contributed by atoms with Crippen molar-refractivity contribution < 1.29 is 18.0 Å². The van der Waals surface area contributed by atoms with Gasteiger partial charge in [0.2, 0.25) is 0 Å². The monoisotopic (exact) mass is 292 g/mol. The molecule has 0 N–H and O–H groups in total. The van der Waals surface area contributed by atoms with Crippen molar-refractivity contribution in [2.75, 3.05) is 18.0 Å². The van der Waals surface area contributed by atoms with Gasteiger partial charge < -0.3 is 4.90 Å². The molecular weight excluding hydrogens is 281 g/mol. The maximum atomic E-state index is 12.5. The van der Waals surface area contributed by atoms with Crippen molar-refractivity contribution in [1.82, 2.24) is 4.98 Å². The van der Waals surface area contributed by atoms with E-state index < -0.39 is 11.7 Å². The summed E-state index contributed by atoms with van der Waals surface area (Å²) in [5, 5.41) is -0.0450. The topological polar surface area (TPSA) is 33.2 Å². The molecule has 0 radical (unpaired) electrons. The molecule has 0 aromatic carbocycles. The Kier molecular flexibility index (Phi) is 3.71. The second-order valence-corrected chi connectivity index (χ2v) is 5.00. The van der Waals surface area contributed by atoms with Crippen molar-refractivity contribution in [3.63, 3.8) is 0 Å². The van der Waals surface area contributed by atoms with E-state index >= 15 is 0 Å². The molecule has 0 amide bonds. The Labute approximate surface area is 113 Å². The Hall–Kier alpha value is -1.30. The first-order valence-corrected chi connectivity index (χ1v) is 6.17. The maximum Gasteiger partial charge on any atom is 0.417 e. The number of halogens is 4. The van der Waals surface area contributed by atoms with Crippen LogP contribution in [0.4, 0.5) is 19.0 Å². The van der Waals surface area contributed by atoms with Gasteiger partial charge in [0.1, 0.15) is 11.6 Å². The highest BCUT2D eigenvalue weighted by molar-refractivity contribution is 6.33. The summed E-state index contributed by atoms with van der Waals surface area (Å²) in [6.07, 6.45) is -3.33. The number of rotatable bonds is 1. The van der Waals surface area contributed by atoms with Crippen molar-refractivity contribution in [2.45, 2.75) is 19.5 Å². The number of alkyl halides is 3. The molecule has 1 unspecified atom stereocenters. The molecule has 19 heavy (non-hydrogen) atoms. The smallest absolute Gasteiger partial charge is 0.354 e. The first kappa shape index (κ1) is 14.1. The molecule has 2 heterocycles. The third kappa shape index (κ3) is 3.00. The summed E-state index contributed by atoms with van der Waals surface area (Å²) < 4.78 is 37.5. The summed E-state index contributed by atoms with van der Waals surface area (Å²) in [6.45, 7) is 2.64. The van der Waals surface area contributed by atoms with E-state index in [1.165, 1.54) is 0 Å². The van der Waals surface area contributed by atoms with Gasteiger partial charge in [-0.1, -0.05) is 18.5 Å². The van der Waals surface area contributed by atoms with Crippen molar-refractivity contribution >= 4 is 23.2 Å². The van der Waals surface area contributed by atoms with E-state index in [9.17, 15) is 18.0 Å². The van der Waals surface area contributed by atoms with Crippen molar-refractivity contribution in [3.8, 4) is 0 Å². The van der Waals surface area contributed by atoms with Gasteiger partial charge in [0.15, 0.2) is 0 Å². The van der Waals surface area contributed by atoms with E-state index in [1.807, 2.05) is 0 Å². The Morgan fingerprint density at radius 2 is 2.16 bits per heavy atom. The lowest BCUT2D eigenvalue weighted by atomic mass is 9.99. The zero-order valence-electron chi connectivity index (χ0n) is 10.2. The van der Waals surface area contributed by atoms with E-state index in [2.05, 4.69) is 4.98 Å². The minimum absolute atomic E-state index is 0.0450. The molecule has 1 atom stereocenters. The Morgan fingerprint density at radius 3 is 2.68 bits per heavy atom. The molecule has 1 aromatic rings. The van der Waals surface area contributed by atoms with Crippen molar-refractivity contribution in [2.24, 2.45) is 5.92 Å². The highest BCUT2D eigenvalue weighted by Crippen LogP contribution is 2.34. The SMILES string of the molecule is CC1CN(c2ncc(C(F)(F)F)cc2Cl)CCC1=O. The number of aromatic nitrogens is 1. The minimum atomic E-state index is -4.46. The number of pyridine rings is 1. The van der Waals surface area contributed by atoms with Gasteiger partial charge in [-0.15, -0.1) is 0 Å². The predicted octanol–water partition coefficient (Wildman–Crippen LogP) is 3.17.